The Morgan fingerprint density at radius 3 is 2.58 bits per heavy atom. The molecule has 1 amide bonds. The number of anilines is 1. The topological polar surface area (TPSA) is 73.9 Å². The number of fused-ring (bicyclic) bond motifs is 1. The summed E-state index contributed by atoms with van der Waals surface area (Å²) in [6.07, 6.45) is -1.07. The summed E-state index contributed by atoms with van der Waals surface area (Å²) in [4.78, 5) is 23.6. The van der Waals surface area contributed by atoms with Crippen LogP contribution in [0.1, 0.15) is 0 Å². The maximum Gasteiger partial charge on any atom is 0.351 e. The molecule has 26 heavy (non-hydrogen) atoms. The lowest BCUT2D eigenvalue weighted by Gasteiger charge is -2.24. The number of hydrogen-bond acceptors (Lipinski definition) is 5. The van der Waals surface area contributed by atoms with Gasteiger partial charge in [-0.25, -0.2) is 18.0 Å². The van der Waals surface area contributed by atoms with E-state index in [1.807, 2.05) is 5.32 Å². The zero-order chi connectivity index (χ0) is 18.7. The van der Waals surface area contributed by atoms with E-state index in [-0.39, 0.29) is 6.61 Å². The second kappa shape index (κ2) is 7.34. The van der Waals surface area contributed by atoms with Gasteiger partial charge in [-0.05, 0) is 24.3 Å². The molecular weight excluding hydrogens is 355 g/mol. The van der Waals surface area contributed by atoms with Gasteiger partial charge < -0.3 is 19.5 Å². The smallest absolute Gasteiger partial charge is 0.351 e. The van der Waals surface area contributed by atoms with Gasteiger partial charge in [-0.15, -0.1) is 0 Å². The van der Waals surface area contributed by atoms with Crippen LogP contribution in [0.5, 0.6) is 11.5 Å². The lowest BCUT2D eigenvalue weighted by molar-refractivity contribution is -0.156. The molecule has 0 spiro atoms. The maximum atomic E-state index is 13.5. The Kier molecular flexibility index (Phi) is 4.97. The number of hydrogen-bond donors (Lipinski definition) is 1. The van der Waals surface area contributed by atoms with Crippen molar-refractivity contribution in [3.05, 3.63) is 53.8 Å². The fourth-order valence-corrected chi connectivity index (χ4v) is 2.17. The molecule has 0 saturated heterocycles. The van der Waals surface area contributed by atoms with Crippen molar-refractivity contribution in [1.29, 1.82) is 0 Å². The average molecular weight is 367 g/mol. The number of benzene rings is 2. The number of carbonyl (C=O) groups excluding carboxylic acids is 2. The van der Waals surface area contributed by atoms with Crippen LogP contribution >= 0.6 is 0 Å². The van der Waals surface area contributed by atoms with Crippen molar-refractivity contribution in [2.75, 3.05) is 18.5 Å². The second-order valence-corrected chi connectivity index (χ2v) is 5.24. The molecule has 136 valence electrons. The molecule has 2 aromatic carbocycles. The van der Waals surface area contributed by atoms with Crippen molar-refractivity contribution in [3.8, 4) is 11.5 Å². The minimum Gasteiger partial charge on any atom is -0.485 e. The molecule has 0 bridgehead atoms. The van der Waals surface area contributed by atoms with E-state index in [1.54, 1.807) is 24.3 Å². The number of esters is 1. The average Bonchev–Trinajstić information content (AvgIpc) is 2.66. The van der Waals surface area contributed by atoms with Crippen LogP contribution < -0.4 is 14.8 Å². The molecule has 6 nitrogen and oxygen atoms in total. The van der Waals surface area contributed by atoms with Crippen molar-refractivity contribution < 1.29 is 37.0 Å². The third kappa shape index (κ3) is 3.71. The quantitative estimate of drug-likeness (QED) is 0.664. The Balaban J connectivity index is 1.54. The molecule has 1 aliphatic heterocycles. The fourth-order valence-electron chi connectivity index (χ4n) is 2.17. The van der Waals surface area contributed by atoms with Crippen LogP contribution in [0.3, 0.4) is 0 Å². The number of amides is 1. The van der Waals surface area contributed by atoms with Crippen LogP contribution in [0, 0.1) is 17.5 Å². The van der Waals surface area contributed by atoms with Crippen LogP contribution in [0.4, 0.5) is 18.9 Å². The van der Waals surface area contributed by atoms with E-state index < -0.39 is 47.7 Å². The Hall–Kier alpha value is -3.23. The Morgan fingerprint density at radius 2 is 1.81 bits per heavy atom. The number of nitrogens with one attached hydrogen (secondary N) is 1. The van der Waals surface area contributed by atoms with E-state index in [0.29, 0.717) is 17.6 Å². The van der Waals surface area contributed by atoms with E-state index >= 15 is 0 Å². The molecule has 1 unspecified atom stereocenters. The molecular formula is C17H12F3NO5. The van der Waals surface area contributed by atoms with Gasteiger partial charge in [-0.2, -0.15) is 0 Å². The van der Waals surface area contributed by atoms with Crippen LogP contribution in [0.15, 0.2) is 36.4 Å². The minimum atomic E-state index is -1.72. The normalized spacial score (nSPS) is 15.3. The Morgan fingerprint density at radius 1 is 1.08 bits per heavy atom. The predicted molar refractivity (Wildman–Crippen MR) is 82.3 cm³/mol. The molecule has 2 aromatic rings. The van der Waals surface area contributed by atoms with Gasteiger partial charge in [0.1, 0.15) is 6.61 Å². The molecule has 0 aromatic heterocycles. The third-order valence-corrected chi connectivity index (χ3v) is 3.43. The zero-order valence-electron chi connectivity index (χ0n) is 13.1. The highest BCUT2D eigenvalue weighted by molar-refractivity contribution is 5.93. The summed E-state index contributed by atoms with van der Waals surface area (Å²) >= 11 is 0. The highest BCUT2D eigenvalue weighted by Crippen LogP contribution is 2.31. The molecule has 9 heteroatoms. The number of para-hydroxylation sites is 2. The lowest BCUT2D eigenvalue weighted by atomic mass is 10.2. The lowest BCUT2D eigenvalue weighted by Crippen LogP contribution is -2.39. The van der Waals surface area contributed by atoms with Crippen molar-refractivity contribution >= 4 is 17.6 Å². The summed E-state index contributed by atoms with van der Waals surface area (Å²) in [6, 6.07) is 8.21. The molecule has 0 aliphatic carbocycles. The van der Waals surface area contributed by atoms with Crippen LogP contribution in [-0.4, -0.2) is 31.2 Å². The maximum absolute atomic E-state index is 13.5. The second-order valence-electron chi connectivity index (χ2n) is 5.24. The fraction of sp³-hybridized carbons (Fsp3) is 0.176. The third-order valence-electron chi connectivity index (χ3n) is 3.43. The first-order valence-corrected chi connectivity index (χ1v) is 7.44. The van der Waals surface area contributed by atoms with Crippen molar-refractivity contribution in [3.63, 3.8) is 0 Å². The van der Waals surface area contributed by atoms with Gasteiger partial charge in [0.15, 0.2) is 35.6 Å². The number of ether oxygens (including phenoxy) is 3. The molecule has 0 saturated carbocycles. The molecule has 1 aliphatic rings. The molecule has 3 rings (SSSR count). The Bertz CT molecular complexity index is 858. The highest BCUT2D eigenvalue weighted by Gasteiger charge is 2.29. The summed E-state index contributed by atoms with van der Waals surface area (Å²) in [5.74, 6) is -5.61. The van der Waals surface area contributed by atoms with Crippen LogP contribution in [0.2, 0.25) is 0 Å². The first-order chi connectivity index (χ1) is 12.5. The van der Waals surface area contributed by atoms with Gasteiger partial charge in [-0.3, -0.25) is 4.79 Å². The first kappa shape index (κ1) is 17.6. The molecule has 0 fully saturated rings. The largest absolute Gasteiger partial charge is 0.485 e. The summed E-state index contributed by atoms with van der Waals surface area (Å²) in [5, 5.41) is 1.98. The van der Waals surface area contributed by atoms with E-state index in [0.717, 1.165) is 6.07 Å². The van der Waals surface area contributed by atoms with Gasteiger partial charge in [0.05, 0.1) is 5.69 Å². The van der Waals surface area contributed by atoms with Gasteiger partial charge in [0, 0.05) is 0 Å². The number of rotatable bonds is 4. The standard InChI is InChI=1S/C17H12F3NO5/c18-9-5-6-10(16(20)15(9)19)21-14(22)8-25-17(23)13-7-24-11-3-1-2-4-12(11)26-13/h1-6,13H,7-8H2,(H,21,22). The summed E-state index contributed by atoms with van der Waals surface area (Å²) in [5.41, 5.74) is -0.573. The SMILES string of the molecule is O=C(COC(=O)C1COc2ccccc2O1)Nc1ccc(F)c(F)c1F. The van der Waals surface area contributed by atoms with Crippen molar-refractivity contribution in [2.24, 2.45) is 0 Å². The van der Waals surface area contributed by atoms with Gasteiger partial charge in [0.25, 0.3) is 5.91 Å². The van der Waals surface area contributed by atoms with E-state index in [2.05, 4.69) is 0 Å². The van der Waals surface area contributed by atoms with E-state index in [4.69, 9.17) is 14.2 Å². The summed E-state index contributed by atoms with van der Waals surface area (Å²) in [6.45, 7) is -0.867. The van der Waals surface area contributed by atoms with Crippen molar-refractivity contribution in [1.82, 2.24) is 0 Å². The van der Waals surface area contributed by atoms with E-state index in [9.17, 15) is 22.8 Å². The van der Waals surface area contributed by atoms with E-state index in [1.165, 1.54) is 0 Å². The van der Waals surface area contributed by atoms with Gasteiger partial charge in [0.2, 0.25) is 6.10 Å². The number of halogens is 3. The van der Waals surface area contributed by atoms with Gasteiger partial charge in [-0.1, -0.05) is 12.1 Å². The Labute approximate surface area is 145 Å². The highest BCUT2D eigenvalue weighted by atomic mass is 19.2. The molecule has 1 N–H and O–H groups in total. The van der Waals surface area contributed by atoms with Crippen LogP contribution in [0.25, 0.3) is 0 Å². The minimum absolute atomic E-state index is 0.102. The zero-order valence-corrected chi connectivity index (χ0v) is 13.1. The first-order valence-electron chi connectivity index (χ1n) is 7.44. The summed E-state index contributed by atoms with van der Waals surface area (Å²) in [7, 11) is 0. The van der Waals surface area contributed by atoms with Gasteiger partial charge >= 0.3 is 5.97 Å². The monoisotopic (exact) mass is 367 g/mol. The predicted octanol–water partition coefficient (Wildman–Crippen LogP) is 2.43. The molecule has 1 atom stereocenters. The van der Waals surface area contributed by atoms with Crippen molar-refractivity contribution in [2.45, 2.75) is 6.10 Å². The molecule has 0 radical (unpaired) electrons. The number of carbonyl (C=O) groups is 2. The molecule has 1 heterocycles. The van der Waals surface area contributed by atoms with Crippen LogP contribution in [-0.2, 0) is 14.3 Å². The summed E-state index contributed by atoms with van der Waals surface area (Å²) < 4.78 is 55.0.